The summed E-state index contributed by atoms with van der Waals surface area (Å²) < 4.78 is 5.09. The summed E-state index contributed by atoms with van der Waals surface area (Å²) in [5, 5.41) is 0. The van der Waals surface area contributed by atoms with Crippen LogP contribution in [0.5, 0.6) is 0 Å². The Kier molecular flexibility index (Phi) is 5.29. The molecule has 1 rings (SSSR count). The van der Waals surface area contributed by atoms with Crippen molar-refractivity contribution < 1.29 is 4.74 Å². The number of rotatable bonds is 6. The van der Waals surface area contributed by atoms with E-state index in [1.807, 2.05) is 13.0 Å². The van der Waals surface area contributed by atoms with Crippen molar-refractivity contribution in [2.24, 2.45) is 0 Å². The van der Waals surface area contributed by atoms with Crippen molar-refractivity contribution in [1.29, 1.82) is 0 Å². The van der Waals surface area contributed by atoms with E-state index in [-0.39, 0.29) is 0 Å². The van der Waals surface area contributed by atoms with E-state index in [2.05, 4.69) is 24.0 Å². The van der Waals surface area contributed by atoms with E-state index >= 15 is 0 Å². The number of hydrogen-bond donors (Lipinski definition) is 1. The molecule has 2 N–H and O–H groups in total. The van der Waals surface area contributed by atoms with Gasteiger partial charge in [-0.3, -0.25) is 4.90 Å². The molecule has 0 saturated carbocycles. The zero-order chi connectivity index (χ0) is 12.0. The number of ether oxygens (including phenoxy) is 1. The highest BCUT2D eigenvalue weighted by Crippen LogP contribution is 2.14. The molecule has 3 heteroatoms. The van der Waals surface area contributed by atoms with Crippen molar-refractivity contribution >= 4 is 5.69 Å². The Morgan fingerprint density at radius 1 is 1.38 bits per heavy atom. The van der Waals surface area contributed by atoms with Gasteiger partial charge in [0.05, 0.1) is 6.61 Å². The molecule has 3 nitrogen and oxygen atoms in total. The van der Waals surface area contributed by atoms with Gasteiger partial charge >= 0.3 is 0 Å². The molecule has 0 unspecified atom stereocenters. The number of anilines is 1. The van der Waals surface area contributed by atoms with Crippen LogP contribution in [0.4, 0.5) is 5.69 Å². The molecule has 1 aromatic carbocycles. The number of nitrogen functional groups attached to an aromatic ring is 1. The first-order chi connectivity index (χ1) is 7.67. The summed E-state index contributed by atoms with van der Waals surface area (Å²) in [6, 6.07) is 6.23. The molecule has 0 spiro atoms. The molecule has 0 heterocycles. The first-order valence-electron chi connectivity index (χ1n) is 5.73. The van der Waals surface area contributed by atoms with Gasteiger partial charge in [-0.15, -0.1) is 0 Å². The van der Waals surface area contributed by atoms with Crippen molar-refractivity contribution in [3.05, 3.63) is 29.3 Å². The average Bonchev–Trinajstić information content (AvgIpc) is 2.29. The number of nitrogens with two attached hydrogens (primary N) is 1. The van der Waals surface area contributed by atoms with Crippen molar-refractivity contribution in [3.63, 3.8) is 0 Å². The molecule has 16 heavy (non-hydrogen) atoms. The highest BCUT2D eigenvalue weighted by Gasteiger charge is 2.04. The highest BCUT2D eigenvalue weighted by atomic mass is 16.5. The molecule has 0 fully saturated rings. The summed E-state index contributed by atoms with van der Waals surface area (Å²) in [6.07, 6.45) is 0. The molecule has 1 aromatic rings. The van der Waals surface area contributed by atoms with Crippen LogP contribution in [0, 0.1) is 6.92 Å². The van der Waals surface area contributed by atoms with Crippen molar-refractivity contribution in [2.45, 2.75) is 20.4 Å². The number of aryl methyl sites for hydroxylation is 1. The van der Waals surface area contributed by atoms with Gasteiger partial charge in [0.1, 0.15) is 0 Å². The molecule has 0 radical (unpaired) electrons. The Bertz CT molecular complexity index is 326. The van der Waals surface area contributed by atoms with E-state index < -0.39 is 0 Å². The van der Waals surface area contributed by atoms with E-state index in [0.717, 1.165) is 37.5 Å². The molecule has 0 aliphatic heterocycles. The molecule has 0 aliphatic carbocycles. The second-order valence-corrected chi connectivity index (χ2v) is 4.05. The molecule has 0 saturated heterocycles. The fraction of sp³-hybridized carbons (Fsp3) is 0.538. The maximum absolute atomic E-state index is 5.80. The quantitative estimate of drug-likeness (QED) is 0.749. The van der Waals surface area contributed by atoms with Gasteiger partial charge in [0.2, 0.25) is 0 Å². The van der Waals surface area contributed by atoms with Gasteiger partial charge in [0.25, 0.3) is 0 Å². The van der Waals surface area contributed by atoms with Gasteiger partial charge in [-0.1, -0.05) is 19.1 Å². The standard InChI is InChI=1S/C13H22N2O/c1-4-15(7-8-16-3)10-12-5-6-13(14)11(2)9-12/h5-6,9H,4,7-8,10,14H2,1-3H3. The second kappa shape index (κ2) is 6.51. The zero-order valence-corrected chi connectivity index (χ0v) is 10.5. The zero-order valence-electron chi connectivity index (χ0n) is 10.5. The van der Waals surface area contributed by atoms with E-state index in [1.165, 1.54) is 5.56 Å². The topological polar surface area (TPSA) is 38.5 Å². The summed E-state index contributed by atoms with van der Waals surface area (Å²) >= 11 is 0. The van der Waals surface area contributed by atoms with Crippen LogP contribution in [-0.2, 0) is 11.3 Å². The third-order valence-corrected chi connectivity index (χ3v) is 2.80. The minimum Gasteiger partial charge on any atom is -0.399 e. The van der Waals surface area contributed by atoms with E-state index in [0.29, 0.717) is 0 Å². The number of nitrogens with zero attached hydrogens (tertiary/aromatic N) is 1. The molecule has 0 bridgehead atoms. The first kappa shape index (κ1) is 13.0. The number of methoxy groups -OCH3 is 1. The molecule has 0 aromatic heterocycles. The number of benzene rings is 1. The monoisotopic (exact) mass is 222 g/mol. The SMILES string of the molecule is CCN(CCOC)Cc1ccc(N)c(C)c1. The van der Waals surface area contributed by atoms with Crippen molar-refractivity contribution in [1.82, 2.24) is 4.90 Å². The van der Waals surface area contributed by atoms with Crippen LogP contribution in [0.15, 0.2) is 18.2 Å². The van der Waals surface area contributed by atoms with Crippen LogP contribution in [0.25, 0.3) is 0 Å². The van der Waals surface area contributed by atoms with Gasteiger partial charge in [-0.25, -0.2) is 0 Å². The minimum absolute atomic E-state index is 0.780. The van der Waals surface area contributed by atoms with Gasteiger partial charge in [0, 0.05) is 25.9 Å². The summed E-state index contributed by atoms with van der Waals surface area (Å²) in [7, 11) is 1.74. The first-order valence-corrected chi connectivity index (χ1v) is 5.73. The van der Waals surface area contributed by atoms with Gasteiger partial charge < -0.3 is 10.5 Å². The Morgan fingerprint density at radius 2 is 2.12 bits per heavy atom. The maximum atomic E-state index is 5.80. The van der Waals surface area contributed by atoms with Crippen LogP contribution in [0.2, 0.25) is 0 Å². The van der Waals surface area contributed by atoms with Crippen LogP contribution < -0.4 is 5.73 Å². The molecular formula is C13H22N2O. The van der Waals surface area contributed by atoms with Crippen LogP contribution >= 0.6 is 0 Å². The molecule has 0 atom stereocenters. The van der Waals surface area contributed by atoms with Crippen molar-refractivity contribution in [3.8, 4) is 0 Å². The van der Waals surface area contributed by atoms with Crippen LogP contribution in [0.3, 0.4) is 0 Å². The summed E-state index contributed by atoms with van der Waals surface area (Å²) in [5.74, 6) is 0. The third-order valence-electron chi connectivity index (χ3n) is 2.80. The summed E-state index contributed by atoms with van der Waals surface area (Å²) in [5.41, 5.74) is 9.13. The average molecular weight is 222 g/mol. The fourth-order valence-electron chi connectivity index (χ4n) is 1.66. The maximum Gasteiger partial charge on any atom is 0.0589 e. The van der Waals surface area contributed by atoms with E-state index in [9.17, 15) is 0 Å². The molecule has 90 valence electrons. The Balaban J connectivity index is 2.59. The Hall–Kier alpha value is -1.06. The third kappa shape index (κ3) is 3.83. The Labute approximate surface area is 98.2 Å². The van der Waals surface area contributed by atoms with E-state index in [1.54, 1.807) is 7.11 Å². The lowest BCUT2D eigenvalue weighted by atomic mass is 10.1. The fourth-order valence-corrected chi connectivity index (χ4v) is 1.66. The largest absolute Gasteiger partial charge is 0.399 e. The smallest absolute Gasteiger partial charge is 0.0589 e. The van der Waals surface area contributed by atoms with Gasteiger partial charge in [-0.2, -0.15) is 0 Å². The predicted molar refractivity (Wildman–Crippen MR) is 68.4 cm³/mol. The minimum atomic E-state index is 0.780. The lowest BCUT2D eigenvalue weighted by molar-refractivity contribution is 0.147. The number of hydrogen-bond acceptors (Lipinski definition) is 3. The van der Waals surface area contributed by atoms with Gasteiger partial charge in [0.15, 0.2) is 0 Å². The van der Waals surface area contributed by atoms with Gasteiger partial charge in [-0.05, 0) is 30.7 Å². The van der Waals surface area contributed by atoms with Crippen LogP contribution in [-0.4, -0.2) is 31.7 Å². The normalized spacial score (nSPS) is 11.0. The lowest BCUT2D eigenvalue weighted by Crippen LogP contribution is -2.26. The highest BCUT2D eigenvalue weighted by molar-refractivity contribution is 5.47. The summed E-state index contributed by atoms with van der Waals surface area (Å²) in [4.78, 5) is 2.36. The molecule has 0 aliphatic rings. The molecule has 0 amide bonds. The summed E-state index contributed by atoms with van der Waals surface area (Å²) in [6.45, 7) is 7.95. The Morgan fingerprint density at radius 3 is 2.69 bits per heavy atom. The molecular weight excluding hydrogens is 200 g/mol. The lowest BCUT2D eigenvalue weighted by Gasteiger charge is -2.20. The van der Waals surface area contributed by atoms with Crippen molar-refractivity contribution in [2.75, 3.05) is 32.5 Å². The van der Waals surface area contributed by atoms with E-state index in [4.69, 9.17) is 10.5 Å². The number of likely N-dealkylation sites (N-methyl/N-ethyl adjacent to an activating group) is 1. The second-order valence-electron chi connectivity index (χ2n) is 4.05. The van der Waals surface area contributed by atoms with Crippen LogP contribution in [0.1, 0.15) is 18.1 Å². The predicted octanol–water partition coefficient (Wildman–Crippen LogP) is 2.05.